The maximum absolute atomic E-state index is 11.6. The molecule has 0 heterocycles. The number of carbonyl (C=O) groups excluding carboxylic acids is 1. The van der Waals surface area contributed by atoms with E-state index in [9.17, 15) is 4.79 Å². The van der Waals surface area contributed by atoms with E-state index < -0.39 is 0 Å². The molecule has 0 saturated carbocycles. The highest BCUT2D eigenvalue weighted by molar-refractivity contribution is 9.10. The van der Waals surface area contributed by atoms with Crippen LogP contribution in [0.1, 0.15) is 6.42 Å². The Bertz CT molecular complexity index is 342. The van der Waals surface area contributed by atoms with Crippen LogP contribution in [0.25, 0.3) is 0 Å². The van der Waals surface area contributed by atoms with Gasteiger partial charge in [0, 0.05) is 23.8 Å². The monoisotopic (exact) mass is 322 g/mol. The van der Waals surface area contributed by atoms with Crippen LogP contribution in [0.2, 0.25) is 0 Å². The Morgan fingerprint density at radius 2 is 2.06 bits per heavy atom. The summed E-state index contributed by atoms with van der Waals surface area (Å²) in [6.45, 7) is 0.338. The summed E-state index contributed by atoms with van der Waals surface area (Å²) >= 11 is 3.33. The van der Waals surface area contributed by atoms with Crippen LogP contribution >= 0.6 is 28.3 Å². The molecular weight excluding hydrogens is 307 g/mol. The fraction of sp³-hybridized carbons (Fsp3) is 0.364. The lowest BCUT2D eigenvalue weighted by Gasteiger charge is -2.12. The highest BCUT2D eigenvalue weighted by atomic mass is 79.9. The first-order chi connectivity index (χ1) is 7.65. The summed E-state index contributed by atoms with van der Waals surface area (Å²) in [6, 6.07) is 7.39. The van der Waals surface area contributed by atoms with E-state index in [-0.39, 0.29) is 30.8 Å². The van der Waals surface area contributed by atoms with Gasteiger partial charge < -0.3 is 15.8 Å². The molecular formula is C11H16BrClN2O2. The van der Waals surface area contributed by atoms with Crippen molar-refractivity contribution in [2.24, 2.45) is 5.73 Å². The van der Waals surface area contributed by atoms with Crippen LogP contribution in [0.5, 0.6) is 0 Å². The Balaban J connectivity index is 0.00000256. The molecule has 0 aliphatic heterocycles. The molecule has 1 rings (SSSR count). The van der Waals surface area contributed by atoms with E-state index in [1.807, 2.05) is 24.3 Å². The number of methoxy groups -OCH3 is 1. The summed E-state index contributed by atoms with van der Waals surface area (Å²) in [4.78, 5) is 11.6. The predicted molar refractivity (Wildman–Crippen MR) is 74.5 cm³/mol. The summed E-state index contributed by atoms with van der Waals surface area (Å²) in [5, 5.41) is 2.77. The quantitative estimate of drug-likeness (QED) is 0.873. The highest BCUT2D eigenvalue weighted by Crippen LogP contribution is 2.14. The van der Waals surface area contributed by atoms with Gasteiger partial charge in [-0.05, 0) is 24.3 Å². The molecule has 4 nitrogen and oxygen atoms in total. The molecule has 3 N–H and O–H groups in total. The highest BCUT2D eigenvalue weighted by Gasteiger charge is 2.11. The second-order valence-corrected chi connectivity index (χ2v) is 4.27. The number of amides is 1. The molecule has 1 unspecified atom stereocenters. The van der Waals surface area contributed by atoms with Crippen molar-refractivity contribution >= 4 is 39.9 Å². The molecule has 0 aliphatic carbocycles. The number of hydrogen-bond donors (Lipinski definition) is 2. The van der Waals surface area contributed by atoms with Crippen molar-refractivity contribution in [1.82, 2.24) is 0 Å². The number of nitrogens with one attached hydrogen (secondary N) is 1. The zero-order valence-corrected chi connectivity index (χ0v) is 11.9. The molecule has 0 fully saturated rings. The molecule has 96 valence electrons. The molecule has 0 bridgehead atoms. The molecule has 1 aromatic carbocycles. The predicted octanol–water partition coefficient (Wildman–Crippen LogP) is 2.17. The maximum Gasteiger partial charge on any atom is 0.227 e. The van der Waals surface area contributed by atoms with Gasteiger partial charge in [-0.3, -0.25) is 4.79 Å². The molecule has 0 radical (unpaired) electrons. The van der Waals surface area contributed by atoms with Crippen molar-refractivity contribution in [2.75, 3.05) is 19.0 Å². The third-order valence-corrected chi connectivity index (χ3v) is 2.67. The lowest BCUT2D eigenvalue weighted by atomic mass is 10.2. The van der Waals surface area contributed by atoms with Gasteiger partial charge in [0.15, 0.2) is 0 Å². The van der Waals surface area contributed by atoms with Crippen molar-refractivity contribution in [1.29, 1.82) is 0 Å². The summed E-state index contributed by atoms with van der Waals surface area (Å²) in [7, 11) is 1.55. The topological polar surface area (TPSA) is 64.3 Å². The molecule has 6 heteroatoms. The maximum atomic E-state index is 11.6. The number of benzene rings is 1. The Morgan fingerprint density at radius 1 is 1.47 bits per heavy atom. The average Bonchev–Trinajstić information content (AvgIpc) is 2.29. The minimum absolute atomic E-state index is 0. The minimum Gasteiger partial charge on any atom is -0.380 e. The van der Waals surface area contributed by atoms with Gasteiger partial charge in [0.05, 0.1) is 12.5 Å². The average molecular weight is 324 g/mol. The number of hydrogen-bond acceptors (Lipinski definition) is 3. The molecule has 0 aromatic heterocycles. The van der Waals surface area contributed by atoms with Crippen LogP contribution in [0.3, 0.4) is 0 Å². The molecule has 1 atom stereocenters. The fourth-order valence-electron chi connectivity index (χ4n) is 1.21. The summed E-state index contributed by atoms with van der Waals surface area (Å²) in [5.41, 5.74) is 6.20. The normalized spacial score (nSPS) is 11.5. The Morgan fingerprint density at radius 3 is 2.53 bits per heavy atom. The fourth-order valence-corrected chi connectivity index (χ4v) is 1.48. The van der Waals surface area contributed by atoms with Crippen LogP contribution in [0.15, 0.2) is 28.7 Å². The van der Waals surface area contributed by atoms with Gasteiger partial charge in [-0.2, -0.15) is 0 Å². The lowest BCUT2D eigenvalue weighted by molar-refractivity contribution is -0.118. The van der Waals surface area contributed by atoms with E-state index in [2.05, 4.69) is 21.2 Å². The SMILES string of the molecule is COC(CN)CC(=O)Nc1ccc(Br)cc1.Cl. The molecule has 1 aromatic rings. The molecule has 17 heavy (non-hydrogen) atoms. The van der Waals surface area contributed by atoms with Crippen molar-refractivity contribution in [3.8, 4) is 0 Å². The van der Waals surface area contributed by atoms with E-state index in [4.69, 9.17) is 10.5 Å². The van der Waals surface area contributed by atoms with Crippen LogP contribution in [-0.4, -0.2) is 25.7 Å². The number of nitrogens with two attached hydrogens (primary N) is 1. The van der Waals surface area contributed by atoms with Crippen LogP contribution in [0.4, 0.5) is 5.69 Å². The lowest BCUT2D eigenvalue weighted by Crippen LogP contribution is -2.28. The smallest absolute Gasteiger partial charge is 0.227 e. The van der Waals surface area contributed by atoms with E-state index in [1.165, 1.54) is 0 Å². The zero-order chi connectivity index (χ0) is 12.0. The summed E-state index contributed by atoms with van der Waals surface area (Å²) in [6.07, 6.45) is 0.0405. The first-order valence-corrected chi connectivity index (χ1v) is 5.73. The molecule has 0 aliphatic rings. The van der Waals surface area contributed by atoms with Crippen LogP contribution in [0, 0.1) is 0 Å². The van der Waals surface area contributed by atoms with E-state index >= 15 is 0 Å². The number of anilines is 1. The number of ether oxygens (including phenoxy) is 1. The number of carbonyl (C=O) groups is 1. The van der Waals surface area contributed by atoms with Gasteiger partial charge >= 0.3 is 0 Å². The largest absolute Gasteiger partial charge is 0.380 e. The van der Waals surface area contributed by atoms with Gasteiger partial charge in [-0.15, -0.1) is 12.4 Å². The third-order valence-electron chi connectivity index (χ3n) is 2.14. The molecule has 0 spiro atoms. The summed E-state index contributed by atoms with van der Waals surface area (Å²) in [5.74, 6) is -0.0976. The van der Waals surface area contributed by atoms with E-state index in [1.54, 1.807) is 7.11 Å². The first kappa shape index (κ1) is 16.4. The Labute approximate surface area is 115 Å². The molecule has 1 amide bonds. The van der Waals surface area contributed by atoms with E-state index in [0.717, 1.165) is 10.2 Å². The second kappa shape index (κ2) is 8.47. The van der Waals surface area contributed by atoms with Gasteiger partial charge in [0.25, 0.3) is 0 Å². The van der Waals surface area contributed by atoms with Crippen molar-refractivity contribution in [3.05, 3.63) is 28.7 Å². The second-order valence-electron chi connectivity index (χ2n) is 3.35. The standard InChI is InChI=1S/C11H15BrN2O2.ClH/c1-16-10(7-13)6-11(15)14-9-4-2-8(12)3-5-9;/h2-5,10H,6-7,13H2,1H3,(H,14,15);1H. The molecule has 0 saturated heterocycles. The van der Waals surface area contributed by atoms with Crippen molar-refractivity contribution < 1.29 is 9.53 Å². The van der Waals surface area contributed by atoms with Gasteiger partial charge in [0.2, 0.25) is 5.91 Å². The Kier molecular flexibility index (Phi) is 8.16. The minimum atomic E-state index is -0.226. The van der Waals surface area contributed by atoms with Gasteiger partial charge in [-0.25, -0.2) is 0 Å². The third kappa shape index (κ3) is 6.02. The van der Waals surface area contributed by atoms with Gasteiger partial charge in [0.1, 0.15) is 0 Å². The number of rotatable bonds is 5. The van der Waals surface area contributed by atoms with Crippen LogP contribution < -0.4 is 11.1 Å². The number of halogens is 2. The Hall–Kier alpha value is -0.620. The van der Waals surface area contributed by atoms with E-state index in [0.29, 0.717) is 6.54 Å². The van der Waals surface area contributed by atoms with Crippen molar-refractivity contribution in [2.45, 2.75) is 12.5 Å². The first-order valence-electron chi connectivity index (χ1n) is 4.94. The van der Waals surface area contributed by atoms with Crippen molar-refractivity contribution in [3.63, 3.8) is 0 Å². The van der Waals surface area contributed by atoms with Crippen LogP contribution in [-0.2, 0) is 9.53 Å². The zero-order valence-electron chi connectivity index (χ0n) is 9.48. The van der Waals surface area contributed by atoms with Gasteiger partial charge in [-0.1, -0.05) is 15.9 Å². The summed E-state index contributed by atoms with van der Waals surface area (Å²) < 4.78 is 6.01.